The van der Waals surface area contributed by atoms with Crippen molar-refractivity contribution in [1.29, 1.82) is 0 Å². The number of nitrogens with one attached hydrogen (secondary N) is 2. The van der Waals surface area contributed by atoms with Crippen molar-refractivity contribution < 1.29 is 4.79 Å². The number of anilines is 3. The summed E-state index contributed by atoms with van der Waals surface area (Å²) < 4.78 is 0. The number of carbonyl (C=O) groups is 1. The van der Waals surface area contributed by atoms with Gasteiger partial charge in [0.1, 0.15) is 5.69 Å². The Morgan fingerprint density at radius 3 is 2.94 bits per heavy atom. The third kappa shape index (κ3) is 2.03. The summed E-state index contributed by atoms with van der Waals surface area (Å²) in [5, 5.41) is 9.52. The van der Waals surface area contributed by atoms with Gasteiger partial charge in [0.25, 0.3) is 0 Å². The van der Waals surface area contributed by atoms with Gasteiger partial charge in [0.05, 0.1) is 0 Å². The number of carbonyl (C=O) groups excluding carboxylic acids is 1. The number of nitrogens with zero attached hydrogens (tertiary/aromatic N) is 1. The summed E-state index contributed by atoms with van der Waals surface area (Å²) in [6.07, 6.45) is 1.66. The number of hydrogen-bond acceptors (Lipinski definition) is 4. The number of benzene rings is 1. The number of Topliss-reactive ketones (excluding diaryl/α,β-unsaturated/α-hetero) is 1. The summed E-state index contributed by atoms with van der Waals surface area (Å²) in [5.74, 6) is 0.428. The molecule has 0 aliphatic heterocycles. The molecule has 5 heteroatoms. The van der Waals surface area contributed by atoms with Crippen LogP contribution in [-0.2, 0) is 0 Å². The van der Waals surface area contributed by atoms with E-state index in [4.69, 9.17) is 5.73 Å². The van der Waals surface area contributed by atoms with Crippen molar-refractivity contribution in [3.63, 3.8) is 0 Å². The zero-order chi connectivity index (χ0) is 11.5. The van der Waals surface area contributed by atoms with Crippen LogP contribution in [0.25, 0.3) is 0 Å². The fraction of sp³-hybridized carbons (Fsp3) is 0.0909. The van der Waals surface area contributed by atoms with Crippen LogP contribution < -0.4 is 11.1 Å². The van der Waals surface area contributed by atoms with Crippen LogP contribution >= 0.6 is 0 Å². The zero-order valence-electron chi connectivity index (χ0n) is 8.82. The number of aromatic nitrogens is 2. The zero-order valence-corrected chi connectivity index (χ0v) is 8.82. The molecular formula is C11H12N4O. The highest BCUT2D eigenvalue weighted by Crippen LogP contribution is 2.21. The molecule has 0 radical (unpaired) electrons. The topological polar surface area (TPSA) is 83.8 Å². The molecule has 2 aromatic rings. The van der Waals surface area contributed by atoms with Crippen molar-refractivity contribution in [1.82, 2.24) is 10.2 Å². The van der Waals surface area contributed by atoms with Crippen molar-refractivity contribution in [3.05, 3.63) is 36.0 Å². The maximum Gasteiger partial charge on any atom is 0.169 e. The molecule has 0 atom stereocenters. The van der Waals surface area contributed by atoms with Gasteiger partial charge < -0.3 is 11.1 Å². The van der Waals surface area contributed by atoms with E-state index in [2.05, 4.69) is 15.5 Å². The van der Waals surface area contributed by atoms with Gasteiger partial charge in [-0.15, -0.1) is 0 Å². The molecular weight excluding hydrogens is 204 g/mol. The molecule has 1 aromatic carbocycles. The molecule has 0 amide bonds. The Morgan fingerprint density at radius 1 is 1.50 bits per heavy atom. The van der Waals surface area contributed by atoms with Gasteiger partial charge in [0.15, 0.2) is 11.6 Å². The van der Waals surface area contributed by atoms with E-state index in [0.29, 0.717) is 17.1 Å². The molecule has 5 nitrogen and oxygen atoms in total. The molecule has 0 fully saturated rings. The lowest BCUT2D eigenvalue weighted by Crippen LogP contribution is -1.96. The normalized spacial score (nSPS) is 10.1. The lowest BCUT2D eigenvalue weighted by Gasteiger charge is -2.05. The smallest absolute Gasteiger partial charge is 0.169 e. The van der Waals surface area contributed by atoms with Crippen LogP contribution in [0.2, 0.25) is 0 Å². The van der Waals surface area contributed by atoms with E-state index in [-0.39, 0.29) is 5.78 Å². The summed E-state index contributed by atoms with van der Waals surface area (Å²) in [5.41, 5.74) is 7.78. The molecule has 0 spiro atoms. The number of nitrogens with two attached hydrogens (primary N) is 1. The third-order valence-corrected chi connectivity index (χ3v) is 2.22. The maximum atomic E-state index is 11.2. The highest BCUT2D eigenvalue weighted by Gasteiger charge is 2.03. The van der Waals surface area contributed by atoms with Crippen LogP contribution in [-0.4, -0.2) is 16.0 Å². The number of rotatable bonds is 3. The minimum atomic E-state index is 0.0313. The van der Waals surface area contributed by atoms with Crippen LogP contribution in [0.1, 0.15) is 17.3 Å². The average Bonchev–Trinajstić information content (AvgIpc) is 2.65. The van der Waals surface area contributed by atoms with Crippen molar-refractivity contribution >= 4 is 23.0 Å². The molecule has 0 saturated carbocycles. The first-order valence-corrected chi connectivity index (χ1v) is 4.84. The Kier molecular flexibility index (Phi) is 2.59. The minimum Gasteiger partial charge on any atom is -0.380 e. The van der Waals surface area contributed by atoms with E-state index in [0.717, 1.165) is 5.69 Å². The van der Waals surface area contributed by atoms with Crippen molar-refractivity contribution in [3.8, 4) is 0 Å². The van der Waals surface area contributed by atoms with Gasteiger partial charge in [-0.05, 0) is 19.1 Å². The van der Waals surface area contributed by atoms with Gasteiger partial charge in [0.2, 0.25) is 0 Å². The van der Waals surface area contributed by atoms with Gasteiger partial charge in [0, 0.05) is 17.4 Å². The fourth-order valence-electron chi connectivity index (χ4n) is 1.37. The van der Waals surface area contributed by atoms with Crippen LogP contribution in [0.15, 0.2) is 30.5 Å². The molecule has 0 aliphatic rings. The molecule has 1 heterocycles. The van der Waals surface area contributed by atoms with Gasteiger partial charge in [-0.25, -0.2) is 0 Å². The molecule has 1 aromatic heterocycles. The second-order valence-electron chi connectivity index (χ2n) is 3.45. The Balaban J connectivity index is 2.25. The van der Waals surface area contributed by atoms with E-state index >= 15 is 0 Å². The lowest BCUT2D eigenvalue weighted by atomic mass is 10.1. The number of aromatic amines is 1. The monoisotopic (exact) mass is 216 g/mol. The summed E-state index contributed by atoms with van der Waals surface area (Å²) >= 11 is 0. The SMILES string of the molecule is CC(=O)c1cccc(Nc2c[nH]nc2N)c1. The van der Waals surface area contributed by atoms with Crippen LogP contribution in [0.3, 0.4) is 0 Å². The molecule has 0 aliphatic carbocycles. The van der Waals surface area contributed by atoms with E-state index in [1.54, 1.807) is 18.3 Å². The number of hydrogen-bond donors (Lipinski definition) is 3. The van der Waals surface area contributed by atoms with Crippen molar-refractivity contribution in [2.75, 3.05) is 11.1 Å². The van der Waals surface area contributed by atoms with Gasteiger partial charge >= 0.3 is 0 Å². The van der Waals surface area contributed by atoms with Gasteiger partial charge in [-0.2, -0.15) is 5.10 Å². The lowest BCUT2D eigenvalue weighted by molar-refractivity contribution is 0.101. The first-order valence-electron chi connectivity index (χ1n) is 4.84. The standard InChI is InChI=1S/C11H12N4O/c1-7(16)8-3-2-4-9(5-8)14-10-6-13-15-11(10)12/h2-6,14H,1H3,(H3,12,13,15). The van der Waals surface area contributed by atoms with E-state index < -0.39 is 0 Å². The quantitative estimate of drug-likeness (QED) is 0.684. The molecule has 0 unspecified atom stereocenters. The van der Waals surface area contributed by atoms with Crippen LogP contribution in [0, 0.1) is 0 Å². The van der Waals surface area contributed by atoms with Crippen molar-refractivity contribution in [2.24, 2.45) is 0 Å². The second-order valence-corrected chi connectivity index (χ2v) is 3.45. The highest BCUT2D eigenvalue weighted by molar-refractivity contribution is 5.95. The van der Waals surface area contributed by atoms with Gasteiger partial charge in [-0.3, -0.25) is 9.89 Å². The van der Waals surface area contributed by atoms with Crippen LogP contribution in [0.4, 0.5) is 17.2 Å². The Labute approximate surface area is 92.7 Å². The number of ketones is 1. The van der Waals surface area contributed by atoms with E-state index in [1.807, 2.05) is 12.1 Å². The summed E-state index contributed by atoms with van der Waals surface area (Å²) in [6.45, 7) is 1.53. The predicted octanol–water partition coefficient (Wildman–Crippen LogP) is 1.94. The largest absolute Gasteiger partial charge is 0.380 e. The first-order chi connectivity index (χ1) is 7.66. The Morgan fingerprint density at radius 2 is 2.31 bits per heavy atom. The molecule has 2 rings (SSSR count). The van der Waals surface area contributed by atoms with Crippen LogP contribution in [0.5, 0.6) is 0 Å². The van der Waals surface area contributed by atoms with Crippen molar-refractivity contribution in [2.45, 2.75) is 6.92 Å². The molecule has 4 N–H and O–H groups in total. The average molecular weight is 216 g/mol. The predicted molar refractivity (Wildman–Crippen MR) is 62.7 cm³/mol. The Hall–Kier alpha value is -2.30. The second kappa shape index (κ2) is 4.06. The third-order valence-electron chi connectivity index (χ3n) is 2.22. The minimum absolute atomic E-state index is 0.0313. The van der Waals surface area contributed by atoms with Gasteiger partial charge in [-0.1, -0.05) is 12.1 Å². The molecule has 0 saturated heterocycles. The summed E-state index contributed by atoms with van der Waals surface area (Å²) in [7, 11) is 0. The fourth-order valence-corrected chi connectivity index (χ4v) is 1.37. The molecule has 0 bridgehead atoms. The number of H-pyrrole nitrogens is 1. The summed E-state index contributed by atoms with van der Waals surface area (Å²) in [6, 6.07) is 7.22. The van der Waals surface area contributed by atoms with E-state index in [9.17, 15) is 4.79 Å². The number of nitrogen functional groups attached to an aromatic ring is 1. The summed E-state index contributed by atoms with van der Waals surface area (Å²) in [4.78, 5) is 11.2. The highest BCUT2D eigenvalue weighted by atomic mass is 16.1. The maximum absolute atomic E-state index is 11.2. The molecule has 16 heavy (non-hydrogen) atoms. The first kappa shape index (κ1) is 10.2. The van der Waals surface area contributed by atoms with E-state index in [1.165, 1.54) is 6.92 Å². The Bertz CT molecular complexity index is 518. The molecule has 82 valence electrons.